The molecule has 1 aliphatic heterocycles. The number of nitrogens with one attached hydrogen (secondary N) is 1. The van der Waals surface area contributed by atoms with Gasteiger partial charge < -0.3 is 10.2 Å². The van der Waals surface area contributed by atoms with Crippen LogP contribution in [0, 0.1) is 0 Å². The van der Waals surface area contributed by atoms with Gasteiger partial charge in [-0.3, -0.25) is 0 Å². The van der Waals surface area contributed by atoms with E-state index in [9.17, 15) is 0 Å². The summed E-state index contributed by atoms with van der Waals surface area (Å²) >= 11 is 5.99. The molecule has 1 fully saturated rings. The van der Waals surface area contributed by atoms with Gasteiger partial charge in [-0.25, -0.2) is 0 Å². The summed E-state index contributed by atoms with van der Waals surface area (Å²) in [6.07, 6.45) is 1.24. The number of hydrogen-bond donors (Lipinski definition) is 1. The van der Waals surface area contributed by atoms with Gasteiger partial charge in [0.1, 0.15) is 0 Å². The summed E-state index contributed by atoms with van der Waals surface area (Å²) in [6.45, 7) is 4.54. The SMILES string of the molecule is C[C@H](NC1CCN(C)C1)c1cccc(Cl)c1. The van der Waals surface area contributed by atoms with E-state index < -0.39 is 0 Å². The smallest absolute Gasteiger partial charge is 0.0409 e. The Morgan fingerprint density at radius 3 is 2.94 bits per heavy atom. The predicted molar refractivity (Wildman–Crippen MR) is 68.9 cm³/mol. The van der Waals surface area contributed by atoms with Gasteiger partial charge in [-0.05, 0) is 44.6 Å². The maximum absolute atomic E-state index is 5.99. The highest BCUT2D eigenvalue weighted by Crippen LogP contribution is 2.19. The molecule has 3 heteroatoms. The molecule has 2 nitrogen and oxygen atoms in total. The number of likely N-dealkylation sites (tertiary alicyclic amines) is 1. The van der Waals surface area contributed by atoms with Crippen molar-refractivity contribution in [3.05, 3.63) is 34.9 Å². The van der Waals surface area contributed by atoms with Crippen LogP contribution in [-0.2, 0) is 0 Å². The molecule has 0 aliphatic carbocycles. The molecule has 0 amide bonds. The zero-order chi connectivity index (χ0) is 11.5. The molecule has 88 valence electrons. The van der Waals surface area contributed by atoms with Gasteiger partial charge in [-0.1, -0.05) is 23.7 Å². The van der Waals surface area contributed by atoms with Crippen molar-refractivity contribution in [1.82, 2.24) is 10.2 Å². The van der Waals surface area contributed by atoms with Gasteiger partial charge in [-0.15, -0.1) is 0 Å². The standard InChI is InChI=1S/C13H19ClN2/c1-10(11-4-3-5-12(14)8-11)15-13-6-7-16(2)9-13/h3-5,8,10,13,15H,6-7,9H2,1-2H3/t10-,13?/m0/s1. The maximum Gasteiger partial charge on any atom is 0.0409 e. The lowest BCUT2D eigenvalue weighted by Crippen LogP contribution is -2.33. The topological polar surface area (TPSA) is 15.3 Å². The van der Waals surface area contributed by atoms with Crippen LogP contribution >= 0.6 is 11.6 Å². The summed E-state index contributed by atoms with van der Waals surface area (Å²) < 4.78 is 0. The van der Waals surface area contributed by atoms with Crippen molar-refractivity contribution in [2.45, 2.75) is 25.4 Å². The monoisotopic (exact) mass is 238 g/mol. The molecule has 1 saturated heterocycles. The van der Waals surface area contributed by atoms with Crippen molar-refractivity contribution in [3.8, 4) is 0 Å². The van der Waals surface area contributed by atoms with Crippen LogP contribution < -0.4 is 5.32 Å². The molecule has 0 bridgehead atoms. The predicted octanol–water partition coefficient (Wildman–Crippen LogP) is 2.69. The highest BCUT2D eigenvalue weighted by atomic mass is 35.5. The Balaban J connectivity index is 1.95. The number of likely N-dealkylation sites (N-methyl/N-ethyl adjacent to an activating group) is 1. The molecule has 0 aromatic heterocycles. The summed E-state index contributed by atoms with van der Waals surface area (Å²) in [6, 6.07) is 9.08. The summed E-state index contributed by atoms with van der Waals surface area (Å²) in [4.78, 5) is 2.36. The molecular formula is C13H19ClN2. The minimum atomic E-state index is 0.371. The van der Waals surface area contributed by atoms with Gasteiger partial charge >= 0.3 is 0 Å². The van der Waals surface area contributed by atoms with Crippen LogP contribution in [0.25, 0.3) is 0 Å². The highest BCUT2D eigenvalue weighted by Gasteiger charge is 2.20. The molecule has 1 aromatic rings. The minimum absolute atomic E-state index is 0.371. The van der Waals surface area contributed by atoms with E-state index in [4.69, 9.17) is 11.6 Å². The van der Waals surface area contributed by atoms with Crippen LogP contribution in [0.2, 0.25) is 5.02 Å². The number of hydrogen-bond acceptors (Lipinski definition) is 2. The van der Waals surface area contributed by atoms with Crippen LogP contribution in [0.4, 0.5) is 0 Å². The van der Waals surface area contributed by atoms with Gasteiger partial charge in [0.25, 0.3) is 0 Å². The van der Waals surface area contributed by atoms with Crippen LogP contribution in [0.1, 0.15) is 24.9 Å². The Labute approximate surface area is 103 Å². The molecule has 1 N–H and O–H groups in total. The van der Waals surface area contributed by atoms with E-state index >= 15 is 0 Å². The van der Waals surface area contributed by atoms with Gasteiger partial charge in [0.15, 0.2) is 0 Å². The van der Waals surface area contributed by atoms with E-state index in [1.165, 1.54) is 18.5 Å². The molecule has 2 atom stereocenters. The molecule has 1 unspecified atom stereocenters. The van der Waals surface area contributed by atoms with Gasteiger partial charge in [0.05, 0.1) is 0 Å². The Hall–Kier alpha value is -0.570. The van der Waals surface area contributed by atoms with E-state index in [1.807, 2.05) is 18.2 Å². The van der Waals surface area contributed by atoms with E-state index in [1.54, 1.807) is 0 Å². The largest absolute Gasteiger partial charge is 0.306 e. The third-order valence-corrected chi connectivity index (χ3v) is 3.46. The molecular weight excluding hydrogens is 220 g/mol. The second-order valence-electron chi connectivity index (χ2n) is 4.69. The first-order valence-corrected chi connectivity index (χ1v) is 6.23. The normalized spacial score (nSPS) is 23.6. The lowest BCUT2D eigenvalue weighted by molar-refractivity contribution is 0.387. The Morgan fingerprint density at radius 2 is 2.31 bits per heavy atom. The van der Waals surface area contributed by atoms with E-state index in [-0.39, 0.29) is 0 Å². The molecule has 16 heavy (non-hydrogen) atoms. The van der Waals surface area contributed by atoms with E-state index in [0.717, 1.165) is 11.6 Å². The van der Waals surface area contributed by atoms with Crippen molar-refractivity contribution in [3.63, 3.8) is 0 Å². The molecule has 1 aliphatic rings. The first-order valence-electron chi connectivity index (χ1n) is 5.85. The molecule has 0 saturated carbocycles. The quantitative estimate of drug-likeness (QED) is 0.871. The van der Waals surface area contributed by atoms with Gasteiger partial charge in [0.2, 0.25) is 0 Å². The highest BCUT2D eigenvalue weighted by molar-refractivity contribution is 6.30. The van der Waals surface area contributed by atoms with Crippen LogP contribution in [0.3, 0.4) is 0 Å². The Kier molecular flexibility index (Phi) is 3.85. The van der Waals surface area contributed by atoms with Crippen LogP contribution in [0.15, 0.2) is 24.3 Å². The second-order valence-corrected chi connectivity index (χ2v) is 5.13. The zero-order valence-electron chi connectivity index (χ0n) is 9.91. The maximum atomic E-state index is 5.99. The van der Waals surface area contributed by atoms with Gasteiger partial charge in [0, 0.05) is 23.7 Å². The average molecular weight is 239 g/mol. The Morgan fingerprint density at radius 1 is 1.50 bits per heavy atom. The third-order valence-electron chi connectivity index (χ3n) is 3.23. The Bertz CT molecular complexity index is 354. The average Bonchev–Trinajstić information content (AvgIpc) is 2.64. The van der Waals surface area contributed by atoms with E-state index in [0.29, 0.717) is 12.1 Å². The third kappa shape index (κ3) is 2.97. The van der Waals surface area contributed by atoms with Gasteiger partial charge in [-0.2, -0.15) is 0 Å². The summed E-state index contributed by atoms with van der Waals surface area (Å²) in [5.41, 5.74) is 1.27. The van der Waals surface area contributed by atoms with Crippen LogP contribution in [-0.4, -0.2) is 31.1 Å². The molecule has 1 aromatic carbocycles. The zero-order valence-corrected chi connectivity index (χ0v) is 10.7. The van der Waals surface area contributed by atoms with Crippen molar-refractivity contribution >= 4 is 11.6 Å². The lowest BCUT2D eigenvalue weighted by atomic mass is 10.1. The number of nitrogens with zero attached hydrogens (tertiary/aromatic N) is 1. The number of benzene rings is 1. The molecule has 0 radical (unpaired) electrons. The van der Waals surface area contributed by atoms with Crippen LogP contribution in [0.5, 0.6) is 0 Å². The van der Waals surface area contributed by atoms with Crippen molar-refractivity contribution in [2.24, 2.45) is 0 Å². The summed E-state index contributed by atoms with van der Waals surface area (Å²) in [5, 5.41) is 4.47. The second kappa shape index (κ2) is 5.17. The van der Waals surface area contributed by atoms with Crippen molar-refractivity contribution < 1.29 is 0 Å². The molecule has 1 heterocycles. The van der Waals surface area contributed by atoms with Crippen molar-refractivity contribution in [1.29, 1.82) is 0 Å². The summed E-state index contributed by atoms with van der Waals surface area (Å²) in [7, 11) is 2.17. The fourth-order valence-electron chi connectivity index (χ4n) is 2.30. The first-order chi connectivity index (χ1) is 7.65. The molecule has 2 rings (SSSR count). The lowest BCUT2D eigenvalue weighted by Gasteiger charge is -2.20. The fraction of sp³-hybridized carbons (Fsp3) is 0.538. The summed E-state index contributed by atoms with van der Waals surface area (Å²) in [5.74, 6) is 0. The van der Waals surface area contributed by atoms with Crippen molar-refractivity contribution in [2.75, 3.05) is 20.1 Å². The first kappa shape index (κ1) is 11.9. The van der Waals surface area contributed by atoms with E-state index in [2.05, 4.69) is 30.3 Å². The fourth-order valence-corrected chi connectivity index (χ4v) is 2.50. The molecule has 0 spiro atoms. The minimum Gasteiger partial charge on any atom is -0.306 e. The number of rotatable bonds is 3. The number of halogens is 1.